The van der Waals surface area contributed by atoms with Crippen LogP contribution in [0.15, 0.2) is 4.99 Å². The lowest BCUT2D eigenvalue weighted by Crippen LogP contribution is -2.42. The molecule has 0 aromatic rings. The molecule has 1 saturated heterocycles. The Morgan fingerprint density at radius 1 is 1.30 bits per heavy atom. The Morgan fingerprint density at radius 2 is 1.96 bits per heavy atom. The molecule has 1 N–H and O–H groups in total. The van der Waals surface area contributed by atoms with E-state index in [-0.39, 0.29) is 24.0 Å². The zero-order valence-electron chi connectivity index (χ0n) is 15.8. The predicted molar refractivity (Wildman–Crippen MR) is 110 cm³/mol. The Balaban J connectivity index is 0.00000484. The van der Waals surface area contributed by atoms with Gasteiger partial charge in [0, 0.05) is 51.3 Å². The Morgan fingerprint density at radius 3 is 2.48 bits per heavy atom. The first-order valence-electron chi connectivity index (χ1n) is 8.77. The van der Waals surface area contributed by atoms with Gasteiger partial charge in [0.15, 0.2) is 5.96 Å². The summed E-state index contributed by atoms with van der Waals surface area (Å²) >= 11 is 0. The number of ether oxygens (including phenoxy) is 1. The van der Waals surface area contributed by atoms with Gasteiger partial charge in [0.1, 0.15) is 0 Å². The van der Waals surface area contributed by atoms with Gasteiger partial charge in [-0.3, -0.25) is 9.89 Å². The van der Waals surface area contributed by atoms with Crippen LogP contribution in [0.25, 0.3) is 0 Å². The third kappa shape index (κ3) is 8.03. The summed E-state index contributed by atoms with van der Waals surface area (Å²) in [5.74, 6) is 1.70. The summed E-state index contributed by atoms with van der Waals surface area (Å²) < 4.78 is 5.29. The van der Waals surface area contributed by atoms with Gasteiger partial charge >= 0.3 is 0 Å². The number of nitrogens with one attached hydrogen (secondary N) is 1. The van der Waals surface area contributed by atoms with Crippen LogP contribution in [0.3, 0.4) is 0 Å². The molecule has 0 spiro atoms. The van der Waals surface area contributed by atoms with E-state index >= 15 is 0 Å². The Bertz CT molecular complexity index is 329. The first kappa shape index (κ1) is 22.9. The number of hydrogen-bond acceptors (Lipinski definition) is 3. The monoisotopic (exact) mass is 440 g/mol. The quantitative estimate of drug-likeness (QED) is 0.358. The van der Waals surface area contributed by atoms with Crippen molar-refractivity contribution in [1.29, 1.82) is 0 Å². The number of halogens is 1. The molecule has 1 aliphatic rings. The summed E-state index contributed by atoms with van der Waals surface area (Å²) in [5, 5.41) is 3.44. The molecule has 23 heavy (non-hydrogen) atoms. The molecular weight excluding hydrogens is 403 g/mol. The molecule has 0 aromatic carbocycles. The van der Waals surface area contributed by atoms with Crippen LogP contribution in [0.1, 0.15) is 41.0 Å². The van der Waals surface area contributed by atoms with E-state index in [9.17, 15) is 0 Å². The first-order valence-corrected chi connectivity index (χ1v) is 8.77. The molecule has 1 rings (SSSR count). The van der Waals surface area contributed by atoms with E-state index in [2.05, 4.69) is 49.7 Å². The van der Waals surface area contributed by atoms with E-state index < -0.39 is 0 Å². The molecule has 138 valence electrons. The second-order valence-electron chi connectivity index (χ2n) is 6.72. The highest BCUT2D eigenvalue weighted by Gasteiger charge is 2.24. The molecule has 1 atom stereocenters. The van der Waals surface area contributed by atoms with Gasteiger partial charge in [-0.25, -0.2) is 0 Å². The third-order valence-corrected chi connectivity index (χ3v) is 4.27. The number of likely N-dealkylation sites (tertiary alicyclic amines) is 1. The number of rotatable bonds is 8. The smallest absolute Gasteiger partial charge is 0.193 e. The lowest BCUT2D eigenvalue weighted by Gasteiger charge is -2.30. The van der Waals surface area contributed by atoms with Crippen molar-refractivity contribution in [3.63, 3.8) is 0 Å². The molecular formula is C17H37IN4O. The maximum Gasteiger partial charge on any atom is 0.193 e. The Kier molecular flexibility index (Phi) is 12.3. The van der Waals surface area contributed by atoms with Crippen LogP contribution in [0.5, 0.6) is 0 Å². The highest BCUT2D eigenvalue weighted by Crippen LogP contribution is 2.16. The van der Waals surface area contributed by atoms with Crippen LogP contribution in [-0.2, 0) is 4.74 Å². The lowest BCUT2D eigenvalue weighted by atomic mass is 10.1. The maximum atomic E-state index is 5.29. The zero-order valence-corrected chi connectivity index (χ0v) is 18.2. The van der Waals surface area contributed by atoms with Gasteiger partial charge in [0.2, 0.25) is 0 Å². The number of aliphatic imine (C=N–C) groups is 1. The minimum Gasteiger partial charge on any atom is -0.384 e. The second-order valence-corrected chi connectivity index (χ2v) is 6.72. The number of nitrogens with zero attached hydrogens (tertiary/aromatic N) is 3. The standard InChI is InChI=1S/C17H36N4O.HI/c1-7-18-17(20-10-8-16(12-20)13-22-6)19-9-11-21(14(2)3)15(4)5;/h14-16H,7-13H2,1-6H3,(H,18,19);1H. The zero-order chi connectivity index (χ0) is 16.5. The van der Waals surface area contributed by atoms with E-state index in [0.29, 0.717) is 18.0 Å². The van der Waals surface area contributed by atoms with Crippen molar-refractivity contribution in [3.8, 4) is 0 Å². The molecule has 0 aromatic heterocycles. The molecule has 1 fully saturated rings. The van der Waals surface area contributed by atoms with Crippen molar-refractivity contribution in [2.24, 2.45) is 10.9 Å². The van der Waals surface area contributed by atoms with Crippen molar-refractivity contribution in [2.45, 2.75) is 53.1 Å². The van der Waals surface area contributed by atoms with E-state index in [1.165, 1.54) is 6.42 Å². The molecule has 1 heterocycles. The fourth-order valence-electron chi connectivity index (χ4n) is 3.21. The summed E-state index contributed by atoms with van der Waals surface area (Å²) in [6.07, 6.45) is 1.20. The molecule has 5 nitrogen and oxygen atoms in total. The van der Waals surface area contributed by atoms with Crippen LogP contribution in [-0.4, -0.2) is 74.3 Å². The van der Waals surface area contributed by atoms with Crippen LogP contribution >= 0.6 is 24.0 Å². The maximum absolute atomic E-state index is 5.29. The van der Waals surface area contributed by atoms with Gasteiger partial charge in [-0.15, -0.1) is 24.0 Å². The van der Waals surface area contributed by atoms with Crippen molar-refractivity contribution >= 4 is 29.9 Å². The average Bonchev–Trinajstić information content (AvgIpc) is 2.90. The molecule has 6 heteroatoms. The molecule has 1 aliphatic heterocycles. The summed E-state index contributed by atoms with van der Waals surface area (Å²) in [6.45, 7) is 16.9. The van der Waals surface area contributed by atoms with E-state index in [0.717, 1.165) is 45.3 Å². The van der Waals surface area contributed by atoms with Crippen molar-refractivity contribution in [2.75, 3.05) is 46.4 Å². The second kappa shape index (κ2) is 12.3. The summed E-state index contributed by atoms with van der Waals surface area (Å²) in [6, 6.07) is 1.13. The van der Waals surface area contributed by atoms with Gasteiger partial charge in [-0.1, -0.05) is 0 Å². The highest BCUT2D eigenvalue weighted by atomic mass is 127. The Labute approximate surface area is 160 Å². The summed E-state index contributed by atoms with van der Waals surface area (Å²) in [5.41, 5.74) is 0. The topological polar surface area (TPSA) is 40.1 Å². The minimum atomic E-state index is 0. The molecule has 1 unspecified atom stereocenters. The van der Waals surface area contributed by atoms with Crippen molar-refractivity contribution < 1.29 is 4.74 Å². The van der Waals surface area contributed by atoms with Gasteiger partial charge in [0.25, 0.3) is 0 Å². The molecule has 0 radical (unpaired) electrons. The van der Waals surface area contributed by atoms with E-state index in [1.807, 2.05) is 0 Å². The average molecular weight is 440 g/mol. The van der Waals surface area contributed by atoms with Gasteiger partial charge < -0.3 is 15.0 Å². The van der Waals surface area contributed by atoms with Crippen molar-refractivity contribution in [1.82, 2.24) is 15.1 Å². The summed E-state index contributed by atoms with van der Waals surface area (Å²) in [7, 11) is 1.79. The lowest BCUT2D eigenvalue weighted by molar-refractivity contribution is 0.157. The number of hydrogen-bond donors (Lipinski definition) is 1. The third-order valence-electron chi connectivity index (χ3n) is 4.27. The first-order chi connectivity index (χ1) is 10.5. The van der Waals surface area contributed by atoms with Gasteiger partial charge in [0.05, 0.1) is 13.2 Å². The van der Waals surface area contributed by atoms with Crippen LogP contribution in [0.4, 0.5) is 0 Å². The minimum absolute atomic E-state index is 0. The molecule has 0 saturated carbocycles. The van der Waals surface area contributed by atoms with E-state index in [4.69, 9.17) is 9.73 Å². The van der Waals surface area contributed by atoms with Gasteiger partial charge in [-0.2, -0.15) is 0 Å². The Hall–Kier alpha value is -0.0800. The van der Waals surface area contributed by atoms with Crippen LogP contribution in [0.2, 0.25) is 0 Å². The van der Waals surface area contributed by atoms with Gasteiger partial charge in [-0.05, 0) is 41.0 Å². The SMILES string of the molecule is CCNC(=NCCN(C(C)C)C(C)C)N1CCC(COC)C1.I. The highest BCUT2D eigenvalue weighted by molar-refractivity contribution is 14.0. The molecule has 0 bridgehead atoms. The normalized spacial score (nSPS) is 18.9. The van der Waals surface area contributed by atoms with Crippen LogP contribution < -0.4 is 5.32 Å². The number of methoxy groups -OCH3 is 1. The molecule has 0 amide bonds. The summed E-state index contributed by atoms with van der Waals surface area (Å²) in [4.78, 5) is 9.71. The van der Waals surface area contributed by atoms with E-state index in [1.54, 1.807) is 7.11 Å². The van der Waals surface area contributed by atoms with Crippen LogP contribution in [0, 0.1) is 5.92 Å². The fraction of sp³-hybridized carbons (Fsp3) is 0.941. The van der Waals surface area contributed by atoms with Crippen molar-refractivity contribution in [3.05, 3.63) is 0 Å². The fourth-order valence-corrected chi connectivity index (χ4v) is 3.21. The largest absolute Gasteiger partial charge is 0.384 e. The number of guanidine groups is 1. The predicted octanol–water partition coefficient (Wildman–Crippen LogP) is 2.66. The molecule has 0 aliphatic carbocycles.